The lowest BCUT2D eigenvalue weighted by Gasteiger charge is -2.37. The van der Waals surface area contributed by atoms with Crippen LogP contribution in [0, 0.1) is 0 Å². The fraction of sp³-hybridized carbons (Fsp3) is 0.923. The van der Waals surface area contributed by atoms with Gasteiger partial charge in [0.15, 0.2) is 0 Å². The standard InChI is InChI=1S/C13H26N2O3/c1-12(18,10-16)9-15-11(17)8-13(14-2)6-4-3-5-7-13/h14,16,18H,3-10H2,1-2H3,(H,15,17). The Hall–Kier alpha value is -0.650. The molecule has 5 heteroatoms. The summed E-state index contributed by atoms with van der Waals surface area (Å²) in [7, 11) is 1.91. The van der Waals surface area contributed by atoms with Crippen LogP contribution in [0.1, 0.15) is 45.4 Å². The van der Waals surface area contributed by atoms with Gasteiger partial charge in [0.25, 0.3) is 0 Å². The van der Waals surface area contributed by atoms with Gasteiger partial charge in [-0.25, -0.2) is 0 Å². The topological polar surface area (TPSA) is 81.6 Å². The van der Waals surface area contributed by atoms with Crippen molar-refractivity contribution in [2.24, 2.45) is 0 Å². The predicted molar refractivity (Wildman–Crippen MR) is 70.2 cm³/mol. The Balaban J connectivity index is 2.42. The van der Waals surface area contributed by atoms with E-state index >= 15 is 0 Å². The third kappa shape index (κ3) is 4.55. The quantitative estimate of drug-likeness (QED) is 0.547. The molecular formula is C13H26N2O3. The molecule has 1 amide bonds. The molecule has 0 aliphatic heterocycles. The van der Waals surface area contributed by atoms with Gasteiger partial charge in [0, 0.05) is 18.5 Å². The van der Waals surface area contributed by atoms with Crippen LogP contribution < -0.4 is 10.6 Å². The predicted octanol–water partition coefficient (Wildman–Crippen LogP) is 0.158. The molecule has 1 unspecified atom stereocenters. The van der Waals surface area contributed by atoms with Gasteiger partial charge in [0.05, 0.1) is 6.61 Å². The Bertz CT molecular complexity index is 273. The molecule has 1 aliphatic rings. The van der Waals surface area contributed by atoms with Gasteiger partial charge >= 0.3 is 0 Å². The Morgan fingerprint density at radius 3 is 2.44 bits per heavy atom. The van der Waals surface area contributed by atoms with E-state index in [1.165, 1.54) is 13.3 Å². The van der Waals surface area contributed by atoms with Crippen LogP contribution in [0.25, 0.3) is 0 Å². The first-order chi connectivity index (χ1) is 8.43. The summed E-state index contributed by atoms with van der Waals surface area (Å²) in [5.41, 5.74) is -1.33. The van der Waals surface area contributed by atoms with E-state index in [0.29, 0.717) is 6.42 Å². The Morgan fingerprint density at radius 1 is 1.33 bits per heavy atom. The van der Waals surface area contributed by atoms with E-state index in [9.17, 15) is 9.90 Å². The normalized spacial score (nSPS) is 22.2. The number of carbonyl (C=O) groups excluding carboxylic acids is 1. The molecule has 0 aromatic rings. The number of hydrogen-bond acceptors (Lipinski definition) is 4. The Kier molecular flexibility index (Phi) is 5.56. The van der Waals surface area contributed by atoms with Crippen LogP contribution in [-0.4, -0.2) is 47.5 Å². The number of amides is 1. The molecule has 0 aromatic heterocycles. The first-order valence-corrected chi connectivity index (χ1v) is 6.72. The van der Waals surface area contributed by atoms with Crippen LogP contribution in [0.3, 0.4) is 0 Å². The van der Waals surface area contributed by atoms with Crippen LogP contribution in [0.5, 0.6) is 0 Å². The highest BCUT2D eigenvalue weighted by Gasteiger charge is 2.33. The number of nitrogens with one attached hydrogen (secondary N) is 2. The number of aliphatic hydroxyl groups excluding tert-OH is 1. The van der Waals surface area contributed by atoms with Crippen molar-refractivity contribution in [1.82, 2.24) is 10.6 Å². The molecule has 0 spiro atoms. The number of hydrogen-bond donors (Lipinski definition) is 4. The smallest absolute Gasteiger partial charge is 0.221 e. The summed E-state index contributed by atoms with van der Waals surface area (Å²) in [6, 6.07) is 0. The third-order valence-electron chi connectivity index (χ3n) is 3.85. The van der Waals surface area contributed by atoms with Gasteiger partial charge in [0.2, 0.25) is 5.91 Å². The molecule has 0 aromatic carbocycles. The van der Waals surface area contributed by atoms with E-state index in [0.717, 1.165) is 25.7 Å². The lowest BCUT2D eigenvalue weighted by Crippen LogP contribution is -2.50. The molecule has 1 atom stereocenters. The Morgan fingerprint density at radius 2 is 1.94 bits per heavy atom. The summed E-state index contributed by atoms with van der Waals surface area (Å²) in [6.07, 6.45) is 6.03. The summed E-state index contributed by atoms with van der Waals surface area (Å²) in [4.78, 5) is 11.9. The second-order valence-electron chi connectivity index (χ2n) is 5.70. The number of carbonyl (C=O) groups is 1. The Labute approximate surface area is 109 Å². The molecule has 106 valence electrons. The van der Waals surface area contributed by atoms with Crippen molar-refractivity contribution in [1.29, 1.82) is 0 Å². The molecule has 1 rings (SSSR count). The minimum absolute atomic E-state index is 0.0695. The van der Waals surface area contributed by atoms with Crippen molar-refractivity contribution in [3.05, 3.63) is 0 Å². The fourth-order valence-electron chi connectivity index (χ4n) is 2.46. The van der Waals surface area contributed by atoms with Gasteiger partial charge in [-0.2, -0.15) is 0 Å². The fourth-order valence-corrected chi connectivity index (χ4v) is 2.46. The first kappa shape index (κ1) is 15.4. The van der Waals surface area contributed by atoms with E-state index in [-0.39, 0.29) is 24.6 Å². The van der Waals surface area contributed by atoms with E-state index in [4.69, 9.17) is 5.11 Å². The number of rotatable bonds is 6. The minimum atomic E-state index is -1.24. The summed E-state index contributed by atoms with van der Waals surface area (Å²) >= 11 is 0. The first-order valence-electron chi connectivity index (χ1n) is 6.72. The highest BCUT2D eigenvalue weighted by atomic mass is 16.3. The zero-order valence-electron chi connectivity index (χ0n) is 11.5. The lowest BCUT2D eigenvalue weighted by molar-refractivity contribution is -0.124. The third-order valence-corrected chi connectivity index (χ3v) is 3.85. The molecule has 4 N–H and O–H groups in total. The zero-order chi connectivity index (χ0) is 13.6. The second-order valence-corrected chi connectivity index (χ2v) is 5.70. The maximum atomic E-state index is 11.9. The highest BCUT2D eigenvalue weighted by molar-refractivity contribution is 5.77. The van der Waals surface area contributed by atoms with Crippen LogP contribution in [0.2, 0.25) is 0 Å². The van der Waals surface area contributed by atoms with Crippen molar-refractivity contribution >= 4 is 5.91 Å². The van der Waals surface area contributed by atoms with Crippen molar-refractivity contribution in [3.63, 3.8) is 0 Å². The molecular weight excluding hydrogens is 232 g/mol. The van der Waals surface area contributed by atoms with Crippen LogP contribution in [0.15, 0.2) is 0 Å². The van der Waals surface area contributed by atoms with Gasteiger partial charge in [-0.1, -0.05) is 19.3 Å². The lowest BCUT2D eigenvalue weighted by atomic mass is 9.79. The van der Waals surface area contributed by atoms with Crippen molar-refractivity contribution in [2.45, 2.75) is 56.6 Å². The molecule has 0 bridgehead atoms. The van der Waals surface area contributed by atoms with E-state index in [1.807, 2.05) is 7.05 Å². The summed E-state index contributed by atoms with van der Waals surface area (Å²) in [6.45, 7) is 1.23. The summed E-state index contributed by atoms with van der Waals surface area (Å²) in [5, 5.41) is 24.5. The van der Waals surface area contributed by atoms with Gasteiger partial charge in [-0.05, 0) is 26.8 Å². The highest BCUT2D eigenvalue weighted by Crippen LogP contribution is 2.30. The van der Waals surface area contributed by atoms with Crippen molar-refractivity contribution < 1.29 is 15.0 Å². The zero-order valence-corrected chi connectivity index (χ0v) is 11.5. The largest absolute Gasteiger partial charge is 0.393 e. The van der Waals surface area contributed by atoms with Crippen molar-refractivity contribution in [3.8, 4) is 0 Å². The molecule has 0 heterocycles. The molecule has 1 fully saturated rings. The average molecular weight is 258 g/mol. The van der Waals surface area contributed by atoms with Gasteiger partial charge in [0.1, 0.15) is 5.60 Å². The van der Waals surface area contributed by atoms with E-state index in [1.54, 1.807) is 0 Å². The van der Waals surface area contributed by atoms with Crippen LogP contribution in [0.4, 0.5) is 0 Å². The van der Waals surface area contributed by atoms with Crippen LogP contribution in [-0.2, 0) is 4.79 Å². The molecule has 1 aliphatic carbocycles. The monoisotopic (exact) mass is 258 g/mol. The van der Waals surface area contributed by atoms with E-state index < -0.39 is 5.60 Å². The molecule has 0 radical (unpaired) electrons. The summed E-state index contributed by atoms with van der Waals surface area (Å²) in [5.74, 6) is -0.0695. The van der Waals surface area contributed by atoms with Crippen molar-refractivity contribution in [2.75, 3.05) is 20.2 Å². The van der Waals surface area contributed by atoms with Gasteiger partial charge in [-0.15, -0.1) is 0 Å². The van der Waals surface area contributed by atoms with Gasteiger partial charge in [-0.3, -0.25) is 4.79 Å². The maximum Gasteiger partial charge on any atom is 0.221 e. The maximum absolute atomic E-state index is 11.9. The minimum Gasteiger partial charge on any atom is -0.393 e. The molecule has 18 heavy (non-hydrogen) atoms. The molecule has 0 saturated heterocycles. The van der Waals surface area contributed by atoms with E-state index in [2.05, 4.69) is 10.6 Å². The van der Waals surface area contributed by atoms with Crippen LogP contribution >= 0.6 is 0 Å². The molecule has 1 saturated carbocycles. The molecule has 5 nitrogen and oxygen atoms in total. The SMILES string of the molecule is CNC1(CC(=O)NCC(C)(O)CO)CCCCC1. The second kappa shape index (κ2) is 6.50. The summed E-state index contributed by atoms with van der Waals surface area (Å²) < 4.78 is 0. The average Bonchev–Trinajstić information content (AvgIpc) is 2.38. The van der Waals surface area contributed by atoms with Gasteiger partial charge < -0.3 is 20.8 Å². The number of aliphatic hydroxyl groups is 2.